The van der Waals surface area contributed by atoms with E-state index >= 15 is 0 Å². The highest BCUT2D eigenvalue weighted by Gasteiger charge is 2.22. The summed E-state index contributed by atoms with van der Waals surface area (Å²) in [6.07, 6.45) is 12.7. The summed E-state index contributed by atoms with van der Waals surface area (Å²) in [7, 11) is 0. The first kappa shape index (κ1) is 18.3. The molecular weight excluding hydrogens is 376 g/mol. The van der Waals surface area contributed by atoms with Crippen molar-refractivity contribution in [2.24, 2.45) is 0 Å². The zero-order chi connectivity index (χ0) is 19.8. The van der Waals surface area contributed by atoms with Gasteiger partial charge in [-0.15, -0.1) is 0 Å². The molecule has 1 nitrogen and oxygen atoms in total. The van der Waals surface area contributed by atoms with Crippen LogP contribution in [0.1, 0.15) is 34.2 Å². The fraction of sp³-hybridized carbons (Fsp3) is 0.185. The van der Waals surface area contributed by atoms with Crippen molar-refractivity contribution in [1.29, 1.82) is 0 Å². The van der Waals surface area contributed by atoms with E-state index in [0.717, 1.165) is 17.9 Å². The highest BCUT2D eigenvalue weighted by atomic mass is 35.5. The molecule has 0 bridgehead atoms. The summed E-state index contributed by atoms with van der Waals surface area (Å²) in [6.45, 7) is 2.08. The van der Waals surface area contributed by atoms with E-state index in [2.05, 4.69) is 49.4 Å². The fourth-order valence-corrected chi connectivity index (χ4v) is 4.86. The average molecular weight is 399 g/mol. The molecule has 0 atom stereocenters. The first-order chi connectivity index (χ1) is 14.2. The van der Waals surface area contributed by atoms with Gasteiger partial charge in [0, 0.05) is 15.8 Å². The number of allylic oxidation sites excluding steroid dienone is 1. The average Bonchev–Trinajstić information content (AvgIpc) is 3.24. The van der Waals surface area contributed by atoms with E-state index in [0.29, 0.717) is 0 Å². The quantitative estimate of drug-likeness (QED) is 0.294. The second kappa shape index (κ2) is 7.57. The minimum absolute atomic E-state index is 0.917. The molecule has 0 spiro atoms. The standard InChI is InChI=1S/C18H15Cl.C9H8O/c19-18-7-3-6-14-16-9-8-12-4-1-2-5-13(12)15(16)10-11-17(14)18;1-7-3-2-4-8-5-10-6-9(7)8/h1,3-4,6-9H,2,5,10-11H2;2-6H,1H3. The lowest BCUT2D eigenvalue weighted by atomic mass is 9.80. The summed E-state index contributed by atoms with van der Waals surface area (Å²) < 4.78 is 5.05. The lowest BCUT2D eigenvalue weighted by molar-refractivity contribution is 0.572. The van der Waals surface area contributed by atoms with Crippen LogP contribution in [0.4, 0.5) is 0 Å². The fourth-order valence-electron chi connectivity index (χ4n) is 4.60. The number of halogens is 1. The molecule has 0 saturated carbocycles. The van der Waals surface area contributed by atoms with E-state index in [1.54, 1.807) is 23.7 Å². The third-order valence-electron chi connectivity index (χ3n) is 6.10. The highest BCUT2D eigenvalue weighted by Crippen LogP contribution is 2.40. The van der Waals surface area contributed by atoms with Crippen molar-refractivity contribution in [2.45, 2.75) is 32.6 Å². The normalized spacial score (nSPS) is 13.9. The molecule has 0 unspecified atom stereocenters. The van der Waals surface area contributed by atoms with Crippen LogP contribution in [0.5, 0.6) is 0 Å². The maximum absolute atomic E-state index is 6.34. The van der Waals surface area contributed by atoms with Crippen molar-refractivity contribution < 1.29 is 4.42 Å². The van der Waals surface area contributed by atoms with Crippen LogP contribution in [0, 0.1) is 6.92 Å². The molecule has 144 valence electrons. The van der Waals surface area contributed by atoms with Gasteiger partial charge in [-0.25, -0.2) is 0 Å². The lowest BCUT2D eigenvalue weighted by Crippen LogP contribution is -2.10. The Bertz CT molecular complexity index is 1230. The largest absolute Gasteiger partial charge is 0.471 e. The Kier molecular flexibility index (Phi) is 4.77. The van der Waals surface area contributed by atoms with Crippen LogP contribution in [0.2, 0.25) is 5.02 Å². The molecule has 6 rings (SSSR count). The maximum Gasteiger partial charge on any atom is 0.0983 e. The number of aryl methyl sites for hydroxylation is 1. The zero-order valence-electron chi connectivity index (χ0n) is 16.5. The molecule has 4 aromatic rings. The van der Waals surface area contributed by atoms with Gasteiger partial charge in [0.05, 0.1) is 12.5 Å². The predicted molar refractivity (Wildman–Crippen MR) is 123 cm³/mol. The summed E-state index contributed by atoms with van der Waals surface area (Å²) >= 11 is 6.34. The van der Waals surface area contributed by atoms with Gasteiger partial charge < -0.3 is 4.42 Å². The van der Waals surface area contributed by atoms with Crippen LogP contribution in [0.25, 0.3) is 28.0 Å². The van der Waals surface area contributed by atoms with Gasteiger partial charge in [0.2, 0.25) is 0 Å². The van der Waals surface area contributed by atoms with E-state index in [1.165, 1.54) is 51.4 Å². The number of hydrogen-bond acceptors (Lipinski definition) is 1. The molecule has 0 saturated heterocycles. The van der Waals surface area contributed by atoms with Gasteiger partial charge in [-0.05, 0) is 77.6 Å². The molecule has 2 aliphatic carbocycles. The van der Waals surface area contributed by atoms with Crippen molar-refractivity contribution in [3.63, 3.8) is 0 Å². The molecule has 3 aromatic carbocycles. The Morgan fingerprint density at radius 2 is 1.62 bits per heavy atom. The zero-order valence-corrected chi connectivity index (χ0v) is 17.3. The van der Waals surface area contributed by atoms with Gasteiger partial charge in [0.25, 0.3) is 0 Å². The third kappa shape index (κ3) is 3.30. The Hall–Kier alpha value is -2.77. The Balaban J connectivity index is 0.000000153. The van der Waals surface area contributed by atoms with Crippen LogP contribution < -0.4 is 0 Å². The minimum Gasteiger partial charge on any atom is -0.471 e. The number of furan rings is 1. The molecule has 2 heteroatoms. The van der Waals surface area contributed by atoms with Crippen molar-refractivity contribution >= 4 is 28.4 Å². The SMILES string of the molecule is Cc1cccc2cocc12.Clc1cccc2c1CCc1c-2ccc2c1CCC=C2. The molecule has 29 heavy (non-hydrogen) atoms. The predicted octanol–water partition coefficient (Wildman–Crippen LogP) is 7.81. The number of fused-ring (bicyclic) bond motifs is 6. The molecule has 1 heterocycles. The van der Waals surface area contributed by atoms with Gasteiger partial charge in [0.1, 0.15) is 0 Å². The second-order valence-corrected chi connectivity index (χ2v) is 8.22. The van der Waals surface area contributed by atoms with Crippen LogP contribution >= 0.6 is 11.6 Å². The molecule has 0 radical (unpaired) electrons. The van der Waals surface area contributed by atoms with Crippen LogP contribution in [0.15, 0.2) is 71.6 Å². The first-order valence-electron chi connectivity index (χ1n) is 10.2. The second-order valence-electron chi connectivity index (χ2n) is 7.82. The van der Waals surface area contributed by atoms with Gasteiger partial charge in [-0.3, -0.25) is 0 Å². The van der Waals surface area contributed by atoms with E-state index in [9.17, 15) is 0 Å². The smallest absolute Gasteiger partial charge is 0.0983 e. The van der Waals surface area contributed by atoms with Crippen molar-refractivity contribution in [3.05, 3.63) is 100.0 Å². The van der Waals surface area contributed by atoms with E-state index in [4.69, 9.17) is 16.0 Å². The van der Waals surface area contributed by atoms with Crippen LogP contribution in [-0.2, 0) is 19.3 Å². The van der Waals surface area contributed by atoms with Crippen LogP contribution in [0.3, 0.4) is 0 Å². The molecule has 2 aliphatic rings. The van der Waals surface area contributed by atoms with Crippen molar-refractivity contribution in [3.8, 4) is 11.1 Å². The lowest BCUT2D eigenvalue weighted by Gasteiger charge is -2.25. The molecule has 1 aromatic heterocycles. The molecule has 0 aliphatic heterocycles. The van der Waals surface area contributed by atoms with E-state index < -0.39 is 0 Å². The first-order valence-corrected chi connectivity index (χ1v) is 10.6. The molecule has 0 N–H and O–H groups in total. The van der Waals surface area contributed by atoms with Crippen molar-refractivity contribution in [2.75, 3.05) is 0 Å². The Morgan fingerprint density at radius 1 is 0.793 bits per heavy atom. The highest BCUT2D eigenvalue weighted by molar-refractivity contribution is 6.31. The number of benzene rings is 3. The monoisotopic (exact) mass is 398 g/mol. The summed E-state index contributed by atoms with van der Waals surface area (Å²) in [4.78, 5) is 0. The van der Waals surface area contributed by atoms with Crippen LogP contribution in [-0.4, -0.2) is 0 Å². The Morgan fingerprint density at radius 3 is 2.52 bits per heavy atom. The molecule has 0 fully saturated rings. The Labute approximate surface area is 176 Å². The minimum atomic E-state index is 0.917. The number of rotatable bonds is 0. The van der Waals surface area contributed by atoms with Gasteiger partial charge in [-0.1, -0.05) is 66.2 Å². The van der Waals surface area contributed by atoms with E-state index in [1.807, 2.05) is 18.2 Å². The van der Waals surface area contributed by atoms with E-state index in [-0.39, 0.29) is 0 Å². The summed E-state index contributed by atoms with van der Waals surface area (Å²) in [5, 5.41) is 3.31. The maximum atomic E-state index is 6.34. The number of hydrogen-bond donors (Lipinski definition) is 0. The molecular formula is C27H23ClO. The van der Waals surface area contributed by atoms with Crippen molar-refractivity contribution in [1.82, 2.24) is 0 Å². The topological polar surface area (TPSA) is 13.1 Å². The third-order valence-corrected chi connectivity index (χ3v) is 6.45. The summed E-state index contributed by atoms with van der Waals surface area (Å²) in [6, 6.07) is 17.0. The molecule has 0 amide bonds. The van der Waals surface area contributed by atoms with Gasteiger partial charge >= 0.3 is 0 Å². The summed E-state index contributed by atoms with van der Waals surface area (Å²) in [5.41, 5.74) is 9.86. The van der Waals surface area contributed by atoms with Gasteiger partial charge in [0.15, 0.2) is 0 Å². The summed E-state index contributed by atoms with van der Waals surface area (Å²) in [5.74, 6) is 0. The van der Waals surface area contributed by atoms with Gasteiger partial charge in [-0.2, -0.15) is 0 Å².